The van der Waals surface area contributed by atoms with E-state index in [-0.39, 0.29) is 0 Å². The Morgan fingerprint density at radius 1 is 1.27 bits per heavy atom. The number of hydrogen-bond acceptors (Lipinski definition) is 3. The normalized spacial score (nSPS) is 29.8. The third-order valence-electron chi connectivity index (χ3n) is 3.62. The molecule has 0 radical (unpaired) electrons. The fourth-order valence-corrected chi connectivity index (χ4v) is 2.65. The van der Waals surface area contributed by atoms with Crippen LogP contribution in [0, 0.1) is 5.92 Å². The first-order valence-corrected chi connectivity index (χ1v) is 6.35. The predicted octanol–water partition coefficient (Wildman–Crippen LogP) is 1.10. The first-order chi connectivity index (χ1) is 7.34. The molecule has 1 heterocycles. The maximum atomic E-state index is 5.71. The Kier molecular flexibility index (Phi) is 4.42. The fraction of sp³-hybridized carbons (Fsp3) is 1.00. The Bertz CT molecular complexity index is 180. The van der Waals surface area contributed by atoms with E-state index in [0.29, 0.717) is 6.10 Å². The van der Waals surface area contributed by atoms with Crippen LogP contribution in [-0.4, -0.2) is 50.8 Å². The molecular formula is C12H24N2O. The van der Waals surface area contributed by atoms with Crippen LogP contribution in [0.5, 0.6) is 0 Å². The molecule has 0 aromatic rings. The minimum atomic E-state index is 0.408. The summed E-state index contributed by atoms with van der Waals surface area (Å²) in [5.74, 6) is 0.936. The van der Waals surface area contributed by atoms with Crippen molar-refractivity contribution in [1.29, 1.82) is 0 Å². The number of nitrogens with one attached hydrogen (secondary N) is 1. The van der Waals surface area contributed by atoms with E-state index in [1.54, 1.807) is 0 Å². The summed E-state index contributed by atoms with van der Waals surface area (Å²) in [6, 6.07) is 0. The summed E-state index contributed by atoms with van der Waals surface area (Å²) in [6.07, 6.45) is 6.14. The van der Waals surface area contributed by atoms with Crippen LogP contribution in [0.4, 0.5) is 0 Å². The zero-order valence-corrected chi connectivity index (χ0v) is 9.87. The first-order valence-electron chi connectivity index (χ1n) is 6.35. The van der Waals surface area contributed by atoms with Gasteiger partial charge >= 0.3 is 0 Å². The zero-order valence-electron chi connectivity index (χ0n) is 9.87. The summed E-state index contributed by atoms with van der Waals surface area (Å²) in [7, 11) is 2.17. The van der Waals surface area contributed by atoms with Crippen LogP contribution in [-0.2, 0) is 4.74 Å². The largest absolute Gasteiger partial charge is 0.374 e. The lowest BCUT2D eigenvalue weighted by molar-refractivity contribution is -0.0183. The third kappa shape index (κ3) is 3.74. The van der Waals surface area contributed by atoms with Gasteiger partial charge in [-0.2, -0.15) is 0 Å². The van der Waals surface area contributed by atoms with Crippen LogP contribution < -0.4 is 5.32 Å². The van der Waals surface area contributed by atoms with Gasteiger partial charge in [-0.3, -0.25) is 0 Å². The van der Waals surface area contributed by atoms with Crippen molar-refractivity contribution in [3.05, 3.63) is 0 Å². The molecule has 88 valence electrons. The topological polar surface area (TPSA) is 24.5 Å². The van der Waals surface area contributed by atoms with Crippen LogP contribution in [0.2, 0.25) is 0 Å². The first kappa shape index (κ1) is 11.4. The molecule has 3 nitrogen and oxygen atoms in total. The second kappa shape index (κ2) is 5.83. The lowest BCUT2D eigenvalue weighted by Gasteiger charge is -2.30. The van der Waals surface area contributed by atoms with Gasteiger partial charge in [0.15, 0.2) is 0 Å². The van der Waals surface area contributed by atoms with Crippen molar-refractivity contribution in [3.63, 3.8) is 0 Å². The van der Waals surface area contributed by atoms with E-state index < -0.39 is 0 Å². The highest BCUT2D eigenvalue weighted by molar-refractivity contribution is 4.74. The van der Waals surface area contributed by atoms with E-state index in [1.807, 2.05) is 0 Å². The van der Waals surface area contributed by atoms with Gasteiger partial charge in [-0.1, -0.05) is 12.8 Å². The maximum absolute atomic E-state index is 5.71. The van der Waals surface area contributed by atoms with Crippen molar-refractivity contribution in [3.8, 4) is 0 Å². The minimum Gasteiger partial charge on any atom is -0.374 e. The van der Waals surface area contributed by atoms with Gasteiger partial charge in [0.05, 0.1) is 12.7 Å². The molecule has 0 bridgehead atoms. The second-order valence-electron chi connectivity index (χ2n) is 5.06. The molecule has 0 amide bonds. The van der Waals surface area contributed by atoms with Gasteiger partial charge in [0.25, 0.3) is 0 Å². The van der Waals surface area contributed by atoms with E-state index in [4.69, 9.17) is 4.74 Å². The van der Waals surface area contributed by atoms with Crippen LogP contribution in [0.15, 0.2) is 0 Å². The van der Waals surface area contributed by atoms with Crippen LogP contribution >= 0.6 is 0 Å². The van der Waals surface area contributed by atoms with E-state index in [1.165, 1.54) is 32.2 Å². The van der Waals surface area contributed by atoms with Crippen molar-refractivity contribution >= 4 is 0 Å². The monoisotopic (exact) mass is 212 g/mol. The Hall–Kier alpha value is -0.120. The molecule has 1 atom stereocenters. The second-order valence-corrected chi connectivity index (χ2v) is 5.06. The SMILES string of the molecule is CN1CCOC(CNCC2CCCC2)C1. The predicted molar refractivity (Wildman–Crippen MR) is 62.1 cm³/mol. The van der Waals surface area contributed by atoms with Gasteiger partial charge in [-0.25, -0.2) is 0 Å². The smallest absolute Gasteiger partial charge is 0.0826 e. The molecule has 0 spiro atoms. The molecule has 2 fully saturated rings. The van der Waals surface area contributed by atoms with E-state index in [9.17, 15) is 0 Å². The molecule has 1 aliphatic carbocycles. The summed E-state index contributed by atoms with van der Waals surface area (Å²) < 4.78 is 5.71. The molecule has 2 rings (SSSR count). The highest BCUT2D eigenvalue weighted by atomic mass is 16.5. The van der Waals surface area contributed by atoms with Gasteiger partial charge in [0.2, 0.25) is 0 Å². The Balaban J connectivity index is 1.56. The van der Waals surface area contributed by atoms with Gasteiger partial charge in [-0.05, 0) is 32.4 Å². The molecule has 0 aromatic carbocycles. The van der Waals surface area contributed by atoms with Gasteiger partial charge in [0, 0.05) is 19.6 Å². The zero-order chi connectivity index (χ0) is 10.5. The highest BCUT2D eigenvalue weighted by Gasteiger charge is 2.18. The van der Waals surface area contributed by atoms with Crippen LogP contribution in [0.1, 0.15) is 25.7 Å². The summed E-state index contributed by atoms with van der Waals surface area (Å²) in [6.45, 7) is 5.29. The molecule has 1 N–H and O–H groups in total. The molecule has 2 aliphatic rings. The van der Waals surface area contributed by atoms with E-state index >= 15 is 0 Å². The molecule has 1 saturated carbocycles. The standard InChI is InChI=1S/C12H24N2O/c1-14-6-7-15-12(10-14)9-13-8-11-4-2-3-5-11/h11-13H,2-10H2,1H3. The quantitative estimate of drug-likeness (QED) is 0.755. The summed E-state index contributed by atoms with van der Waals surface area (Å²) >= 11 is 0. The van der Waals surface area contributed by atoms with Crippen LogP contribution in [0.25, 0.3) is 0 Å². The van der Waals surface area contributed by atoms with Crippen molar-refractivity contribution in [2.45, 2.75) is 31.8 Å². The van der Waals surface area contributed by atoms with Crippen molar-refractivity contribution < 1.29 is 4.74 Å². The number of rotatable bonds is 4. The number of morpholine rings is 1. The Morgan fingerprint density at radius 2 is 2.07 bits per heavy atom. The van der Waals surface area contributed by atoms with Gasteiger partial charge < -0.3 is 15.0 Å². The number of nitrogens with zero attached hydrogens (tertiary/aromatic N) is 1. The van der Waals surface area contributed by atoms with E-state index in [2.05, 4.69) is 17.3 Å². The molecule has 0 aromatic heterocycles. The highest BCUT2D eigenvalue weighted by Crippen LogP contribution is 2.23. The fourth-order valence-electron chi connectivity index (χ4n) is 2.65. The Labute approximate surface area is 93.2 Å². The summed E-state index contributed by atoms with van der Waals surface area (Å²) in [5.41, 5.74) is 0. The van der Waals surface area contributed by atoms with E-state index in [0.717, 1.165) is 32.2 Å². The summed E-state index contributed by atoms with van der Waals surface area (Å²) in [4.78, 5) is 2.35. The molecule has 1 aliphatic heterocycles. The summed E-state index contributed by atoms with van der Waals surface area (Å²) in [5, 5.41) is 3.57. The average Bonchev–Trinajstić information content (AvgIpc) is 2.71. The molecule has 1 saturated heterocycles. The minimum absolute atomic E-state index is 0.408. The average molecular weight is 212 g/mol. The maximum Gasteiger partial charge on any atom is 0.0826 e. The number of hydrogen-bond donors (Lipinski definition) is 1. The molecule has 3 heteroatoms. The van der Waals surface area contributed by atoms with Crippen molar-refractivity contribution in [2.24, 2.45) is 5.92 Å². The lowest BCUT2D eigenvalue weighted by atomic mass is 10.1. The Morgan fingerprint density at radius 3 is 2.80 bits per heavy atom. The number of ether oxygens (including phenoxy) is 1. The molecular weight excluding hydrogens is 188 g/mol. The van der Waals surface area contributed by atoms with Gasteiger partial charge in [-0.15, -0.1) is 0 Å². The third-order valence-corrected chi connectivity index (χ3v) is 3.62. The number of likely N-dealkylation sites (N-methyl/N-ethyl adjacent to an activating group) is 1. The van der Waals surface area contributed by atoms with Crippen LogP contribution in [0.3, 0.4) is 0 Å². The lowest BCUT2D eigenvalue weighted by Crippen LogP contribution is -2.45. The van der Waals surface area contributed by atoms with Crippen molar-refractivity contribution in [2.75, 3.05) is 39.8 Å². The van der Waals surface area contributed by atoms with Crippen molar-refractivity contribution in [1.82, 2.24) is 10.2 Å². The molecule has 1 unspecified atom stereocenters. The molecule has 15 heavy (non-hydrogen) atoms. The van der Waals surface area contributed by atoms with Gasteiger partial charge in [0.1, 0.15) is 0 Å².